The predicted molar refractivity (Wildman–Crippen MR) is 97.8 cm³/mol. The molecule has 0 bridgehead atoms. The first-order chi connectivity index (χ1) is 11.3. The van der Waals surface area contributed by atoms with Gasteiger partial charge in [-0.3, -0.25) is 0 Å². The summed E-state index contributed by atoms with van der Waals surface area (Å²) in [6.45, 7) is 7.31. The molecule has 1 aromatic rings. The van der Waals surface area contributed by atoms with Gasteiger partial charge in [-0.25, -0.2) is 4.79 Å². The summed E-state index contributed by atoms with van der Waals surface area (Å²) < 4.78 is 5.63. The molecular weight excluding hydrogens is 324 g/mol. The minimum Gasteiger partial charge on any atom is -0.444 e. The van der Waals surface area contributed by atoms with Gasteiger partial charge in [-0.2, -0.15) is 0 Å². The highest BCUT2D eigenvalue weighted by molar-refractivity contribution is 6.30. The van der Waals surface area contributed by atoms with Crippen molar-refractivity contribution in [3.63, 3.8) is 0 Å². The number of piperazine rings is 1. The molecule has 0 N–H and O–H groups in total. The van der Waals surface area contributed by atoms with Crippen molar-refractivity contribution in [2.24, 2.45) is 0 Å². The zero-order valence-corrected chi connectivity index (χ0v) is 15.6. The normalized spacial score (nSPS) is 24.5. The molecule has 2 atom stereocenters. The quantitative estimate of drug-likeness (QED) is 0.735. The number of hydrogen-bond acceptors (Lipinski definition) is 3. The maximum absolute atomic E-state index is 12.6. The summed E-state index contributed by atoms with van der Waals surface area (Å²) in [7, 11) is 0. The summed E-state index contributed by atoms with van der Waals surface area (Å²) >= 11 is 6.03. The molecule has 2 aliphatic rings. The Morgan fingerprint density at radius 2 is 1.71 bits per heavy atom. The number of nitrogens with zero attached hydrogens (tertiary/aromatic N) is 2. The zero-order chi connectivity index (χ0) is 17.3. The molecule has 4 nitrogen and oxygen atoms in total. The molecule has 1 aliphatic carbocycles. The van der Waals surface area contributed by atoms with Crippen LogP contribution in [0.4, 0.5) is 10.5 Å². The summed E-state index contributed by atoms with van der Waals surface area (Å²) in [6, 6.07) is 8.64. The third-order valence-corrected chi connectivity index (χ3v) is 5.11. The van der Waals surface area contributed by atoms with Gasteiger partial charge < -0.3 is 14.5 Å². The van der Waals surface area contributed by atoms with Gasteiger partial charge in [-0.05, 0) is 57.9 Å². The summed E-state index contributed by atoms with van der Waals surface area (Å²) in [5.74, 6) is 0. The van der Waals surface area contributed by atoms with E-state index in [-0.39, 0.29) is 12.1 Å². The van der Waals surface area contributed by atoms with Crippen LogP contribution in [0.5, 0.6) is 0 Å². The fourth-order valence-corrected chi connectivity index (χ4v) is 3.99. The zero-order valence-electron chi connectivity index (χ0n) is 14.8. The van der Waals surface area contributed by atoms with Gasteiger partial charge in [0.15, 0.2) is 0 Å². The van der Waals surface area contributed by atoms with Crippen LogP contribution in [0.3, 0.4) is 0 Å². The summed E-state index contributed by atoms with van der Waals surface area (Å²) in [5, 5.41) is 0.756. The van der Waals surface area contributed by atoms with Crippen molar-refractivity contribution >= 4 is 23.4 Å². The van der Waals surface area contributed by atoms with Gasteiger partial charge in [0.05, 0.1) is 6.04 Å². The van der Waals surface area contributed by atoms with Crippen molar-refractivity contribution in [1.82, 2.24) is 4.90 Å². The molecule has 1 heterocycles. The van der Waals surface area contributed by atoms with Crippen molar-refractivity contribution in [3.8, 4) is 0 Å². The Morgan fingerprint density at radius 3 is 2.33 bits per heavy atom. The van der Waals surface area contributed by atoms with Gasteiger partial charge in [0.1, 0.15) is 5.60 Å². The molecule has 1 aliphatic heterocycles. The van der Waals surface area contributed by atoms with Crippen LogP contribution in [0.15, 0.2) is 24.3 Å². The Bertz CT molecular complexity index is 582. The fourth-order valence-electron chi connectivity index (χ4n) is 3.87. The SMILES string of the molecule is CC(C)(C)OC(=O)N1CCN(c2ccc(Cl)cc2)C2CCCCC21. The highest BCUT2D eigenvalue weighted by Crippen LogP contribution is 2.34. The number of rotatable bonds is 1. The van der Waals surface area contributed by atoms with Crippen molar-refractivity contribution in [3.05, 3.63) is 29.3 Å². The van der Waals surface area contributed by atoms with Crippen LogP contribution in [0, 0.1) is 0 Å². The summed E-state index contributed by atoms with van der Waals surface area (Å²) in [6.07, 6.45) is 4.39. The van der Waals surface area contributed by atoms with E-state index in [1.165, 1.54) is 18.5 Å². The van der Waals surface area contributed by atoms with Crippen LogP contribution >= 0.6 is 11.6 Å². The molecule has 1 saturated carbocycles. The lowest BCUT2D eigenvalue weighted by Gasteiger charge is -2.50. The lowest BCUT2D eigenvalue weighted by atomic mass is 9.86. The number of halogens is 1. The molecule has 1 aromatic carbocycles. The number of anilines is 1. The largest absolute Gasteiger partial charge is 0.444 e. The smallest absolute Gasteiger partial charge is 0.410 e. The maximum atomic E-state index is 12.6. The van der Waals surface area contributed by atoms with Crippen LogP contribution in [0.25, 0.3) is 0 Å². The van der Waals surface area contributed by atoms with Crippen molar-refractivity contribution in [2.75, 3.05) is 18.0 Å². The van der Waals surface area contributed by atoms with E-state index in [4.69, 9.17) is 16.3 Å². The second-order valence-electron chi connectivity index (χ2n) is 7.76. The topological polar surface area (TPSA) is 32.8 Å². The Labute approximate surface area is 149 Å². The number of carbonyl (C=O) groups is 1. The molecule has 132 valence electrons. The van der Waals surface area contributed by atoms with Gasteiger partial charge in [0, 0.05) is 29.8 Å². The van der Waals surface area contributed by atoms with Crippen LogP contribution in [0.2, 0.25) is 5.02 Å². The average Bonchev–Trinajstić information content (AvgIpc) is 2.53. The van der Waals surface area contributed by atoms with Gasteiger partial charge in [0.2, 0.25) is 0 Å². The fraction of sp³-hybridized carbons (Fsp3) is 0.632. The first kappa shape index (κ1) is 17.4. The van der Waals surface area contributed by atoms with Gasteiger partial charge in [-0.15, -0.1) is 0 Å². The average molecular weight is 351 g/mol. The minimum absolute atomic E-state index is 0.171. The van der Waals surface area contributed by atoms with Crippen LogP contribution in [0.1, 0.15) is 46.5 Å². The second-order valence-corrected chi connectivity index (χ2v) is 8.20. The Morgan fingerprint density at radius 1 is 1.08 bits per heavy atom. The molecule has 0 radical (unpaired) electrons. The van der Waals surface area contributed by atoms with E-state index in [2.05, 4.69) is 17.0 Å². The van der Waals surface area contributed by atoms with Gasteiger partial charge >= 0.3 is 6.09 Å². The maximum Gasteiger partial charge on any atom is 0.410 e. The third kappa shape index (κ3) is 3.80. The molecular formula is C19H27ClN2O2. The monoisotopic (exact) mass is 350 g/mol. The van der Waals surface area contributed by atoms with Crippen molar-refractivity contribution in [1.29, 1.82) is 0 Å². The molecule has 0 aromatic heterocycles. The molecule has 2 fully saturated rings. The number of ether oxygens (including phenoxy) is 1. The summed E-state index contributed by atoms with van der Waals surface area (Å²) in [5.41, 5.74) is 0.745. The first-order valence-electron chi connectivity index (χ1n) is 8.87. The van der Waals surface area contributed by atoms with E-state index < -0.39 is 5.60 Å². The molecule has 1 amide bonds. The lowest BCUT2D eigenvalue weighted by Crippen LogP contribution is -2.62. The Hall–Kier alpha value is -1.42. The van der Waals surface area contributed by atoms with E-state index in [9.17, 15) is 4.79 Å². The van der Waals surface area contributed by atoms with E-state index >= 15 is 0 Å². The summed E-state index contributed by atoms with van der Waals surface area (Å²) in [4.78, 5) is 17.0. The Kier molecular flexibility index (Phi) is 4.95. The second kappa shape index (κ2) is 6.83. The minimum atomic E-state index is -0.450. The standard InChI is InChI=1S/C19H27ClN2O2/c1-19(2,3)24-18(23)22-13-12-21(15-10-8-14(20)9-11-15)16-6-4-5-7-17(16)22/h8-11,16-17H,4-7,12-13H2,1-3H3. The number of benzene rings is 1. The number of carbonyl (C=O) groups excluding carboxylic acids is 1. The van der Waals surface area contributed by atoms with E-state index in [1.54, 1.807) is 0 Å². The lowest BCUT2D eigenvalue weighted by molar-refractivity contribution is 0.00435. The van der Waals surface area contributed by atoms with Gasteiger partial charge in [0.25, 0.3) is 0 Å². The van der Waals surface area contributed by atoms with Crippen LogP contribution in [-0.2, 0) is 4.74 Å². The predicted octanol–water partition coefficient (Wildman–Crippen LogP) is 4.71. The van der Waals surface area contributed by atoms with Crippen LogP contribution in [-0.4, -0.2) is 41.8 Å². The highest BCUT2D eigenvalue weighted by atomic mass is 35.5. The van der Waals surface area contributed by atoms with Crippen LogP contribution < -0.4 is 4.90 Å². The van der Waals surface area contributed by atoms with E-state index in [0.29, 0.717) is 12.6 Å². The third-order valence-electron chi connectivity index (χ3n) is 4.86. The number of fused-ring (bicyclic) bond motifs is 1. The molecule has 24 heavy (non-hydrogen) atoms. The molecule has 3 rings (SSSR count). The molecule has 1 saturated heterocycles. The molecule has 0 spiro atoms. The first-order valence-corrected chi connectivity index (χ1v) is 9.25. The van der Waals surface area contributed by atoms with Gasteiger partial charge in [-0.1, -0.05) is 24.4 Å². The molecule has 2 unspecified atom stereocenters. The van der Waals surface area contributed by atoms with E-state index in [0.717, 1.165) is 24.4 Å². The van der Waals surface area contributed by atoms with Crippen molar-refractivity contribution in [2.45, 2.75) is 64.1 Å². The highest BCUT2D eigenvalue weighted by Gasteiger charge is 2.41. The molecule has 5 heteroatoms. The Balaban J connectivity index is 1.79. The number of amides is 1. The number of hydrogen-bond donors (Lipinski definition) is 0. The van der Waals surface area contributed by atoms with Crippen molar-refractivity contribution < 1.29 is 9.53 Å². The van der Waals surface area contributed by atoms with E-state index in [1.807, 2.05) is 37.8 Å².